The molecule has 0 heterocycles. The van der Waals surface area contributed by atoms with E-state index in [9.17, 15) is 0 Å². The zero-order valence-electron chi connectivity index (χ0n) is 8.55. The standard InChI is InChI=1S/C8H20O3Si/c1-5-7-10-12(4,9-3)11-8-6-2/h5-8H2,1-4H3. The summed E-state index contributed by atoms with van der Waals surface area (Å²) < 4.78 is 16.3. The monoisotopic (exact) mass is 192 g/mol. The SMILES string of the molecule is CCCO[Si](C)(OC)OCCC. The smallest absolute Gasteiger partial charge is 0.377 e. The lowest BCUT2D eigenvalue weighted by Gasteiger charge is -2.23. The summed E-state index contributed by atoms with van der Waals surface area (Å²) >= 11 is 0. The van der Waals surface area contributed by atoms with Gasteiger partial charge in [-0.3, -0.25) is 0 Å². The maximum absolute atomic E-state index is 5.52. The highest BCUT2D eigenvalue weighted by atomic mass is 28.4. The van der Waals surface area contributed by atoms with Gasteiger partial charge in [0.05, 0.1) is 0 Å². The first-order chi connectivity index (χ1) is 5.68. The van der Waals surface area contributed by atoms with E-state index in [1.54, 1.807) is 7.11 Å². The van der Waals surface area contributed by atoms with Gasteiger partial charge in [0.25, 0.3) is 0 Å². The van der Waals surface area contributed by atoms with Crippen LogP contribution in [0.4, 0.5) is 0 Å². The van der Waals surface area contributed by atoms with Gasteiger partial charge in [-0.2, -0.15) is 0 Å². The fourth-order valence-corrected chi connectivity index (χ4v) is 2.20. The van der Waals surface area contributed by atoms with Gasteiger partial charge in [0.15, 0.2) is 0 Å². The van der Waals surface area contributed by atoms with Crippen molar-refractivity contribution < 1.29 is 13.3 Å². The fourth-order valence-electron chi connectivity index (χ4n) is 0.734. The molecule has 12 heavy (non-hydrogen) atoms. The Morgan fingerprint density at radius 2 is 1.42 bits per heavy atom. The molecule has 4 heteroatoms. The normalized spacial score (nSPS) is 12.0. The Bertz CT molecular complexity index is 100. The number of hydrogen-bond acceptors (Lipinski definition) is 3. The molecular weight excluding hydrogens is 172 g/mol. The molecule has 0 radical (unpaired) electrons. The second kappa shape index (κ2) is 6.60. The molecule has 0 bridgehead atoms. The summed E-state index contributed by atoms with van der Waals surface area (Å²) in [7, 11) is -0.615. The van der Waals surface area contributed by atoms with E-state index in [1.165, 1.54) is 0 Å². The van der Waals surface area contributed by atoms with E-state index >= 15 is 0 Å². The number of hydrogen-bond donors (Lipinski definition) is 0. The van der Waals surface area contributed by atoms with Crippen LogP contribution in [-0.4, -0.2) is 29.1 Å². The zero-order valence-corrected chi connectivity index (χ0v) is 9.55. The van der Waals surface area contributed by atoms with E-state index in [-0.39, 0.29) is 0 Å². The van der Waals surface area contributed by atoms with Crippen molar-refractivity contribution in [1.82, 2.24) is 0 Å². The second-order valence-electron chi connectivity index (χ2n) is 2.76. The third-order valence-electron chi connectivity index (χ3n) is 1.51. The highest BCUT2D eigenvalue weighted by molar-refractivity contribution is 6.59. The molecule has 0 N–H and O–H groups in total. The van der Waals surface area contributed by atoms with Gasteiger partial charge in [-0.25, -0.2) is 0 Å². The van der Waals surface area contributed by atoms with Crippen LogP contribution < -0.4 is 0 Å². The van der Waals surface area contributed by atoms with Crippen molar-refractivity contribution in [2.75, 3.05) is 20.3 Å². The van der Waals surface area contributed by atoms with Gasteiger partial charge < -0.3 is 13.3 Å². The van der Waals surface area contributed by atoms with Gasteiger partial charge in [-0.05, 0) is 12.8 Å². The highest BCUT2D eigenvalue weighted by Crippen LogP contribution is 2.08. The topological polar surface area (TPSA) is 27.7 Å². The summed E-state index contributed by atoms with van der Waals surface area (Å²) in [5.74, 6) is 0. The van der Waals surface area contributed by atoms with Crippen molar-refractivity contribution in [3.63, 3.8) is 0 Å². The van der Waals surface area contributed by atoms with Crippen LogP contribution >= 0.6 is 0 Å². The van der Waals surface area contributed by atoms with Gasteiger partial charge in [0.2, 0.25) is 0 Å². The van der Waals surface area contributed by atoms with E-state index in [2.05, 4.69) is 13.8 Å². The van der Waals surface area contributed by atoms with Crippen molar-refractivity contribution in [3.8, 4) is 0 Å². The second-order valence-corrected chi connectivity index (χ2v) is 5.47. The first kappa shape index (κ1) is 12.1. The third kappa shape index (κ3) is 4.87. The Hall–Kier alpha value is 0.0969. The van der Waals surface area contributed by atoms with E-state index in [1.807, 2.05) is 6.55 Å². The molecule has 0 aromatic rings. The first-order valence-electron chi connectivity index (χ1n) is 4.51. The Kier molecular flexibility index (Phi) is 6.65. The lowest BCUT2D eigenvalue weighted by molar-refractivity contribution is 0.0844. The molecular formula is C8H20O3Si. The molecule has 3 nitrogen and oxygen atoms in total. The molecule has 0 aliphatic carbocycles. The average Bonchev–Trinajstić information content (AvgIpc) is 2.11. The molecule has 0 atom stereocenters. The summed E-state index contributed by atoms with van der Waals surface area (Å²) in [5.41, 5.74) is 0. The van der Waals surface area contributed by atoms with Gasteiger partial charge in [0.1, 0.15) is 0 Å². The predicted octanol–water partition coefficient (Wildman–Crippen LogP) is 2.05. The van der Waals surface area contributed by atoms with Crippen LogP contribution in [0.25, 0.3) is 0 Å². The fraction of sp³-hybridized carbons (Fsp3) is 1.00. The summed E-state index contributed by atoms with van der Waals surface area (Å²) in [6.45, 7) is 7.52. The van der Waals surface area contributed by atoms with Gasteiger partial charge in [-0.1, -0.05) is 13.8 Å². The minimum absolute atomic E-state index is 0.722. The maximum Gasteiger partial charge on any atom is 0.497 e. The molecule has 0 aromatic carbocycles. The molecule has 0 aromatic heterocycles. The Morgan fingerprint density at radius 3 is 1.67 bits per heavy atom. The van der Waals surface area contributed by atoms with Crippen LogP contribution in [0.3, 0.4) is 0 Å². The summed E-state index contributed by atoms with van der Waals surface area (Å²) in [6, 6.07) is 0. The summed E-state index contributed by atoms with van der Waals surface area (Å²) in [6.07, 6.45) is 2.00. The third-order valence-corrected chi connectivity index (χ3v) is 3.71. The van der Waals surface area contributed by atoms with Crippen molar-refractivity contribution in [3.05, 3.63) is 0 Å². The van der Waals surface area contributed by atoms with E-state index in [0.717, 1.165) is 26.1 Å². The summed E-state index contributed by atoms with van der Waals surface area (Å²) in [4.78, 5) is 0. The molecule has 0 saturated carbocycles. The Balaban J connectivity index is 3.70. The lowest BCUT2D eigenvalue weighted by Crippen LogP contribution is -2.41. The highest BCUT2D eigenvalue weighted by Gasteiger charge is 2.32. The quantitative estimate of drug-likeness (QED) is 0.578. The molecule has 0 aliphatic rings. The van der Waals surface area contributed by atoms with E-state index < -0.39 is 8.80 Å². The van der Waals surface area contributed by atoms with E-state index in [0.29, 0.717) is 0 Å². The van der Waals surface area contributed by atoms with Crippen LogP contribution in [0.15, 0.2) is 0 Å². The van der Waals surface area contributed by atoms with Crippen LogP contribution in [0.5, 0.6) is 0 Å². The minimum atomic E-state index is -2.27. The molecule has 0 amide bonds. The Labute approximate surface area is 76.4 Å². The van der Waals surface area contributed by atoms with Crippen molar-refractivity contribution in [2.45, 2.75) is 33.2 Å². The molecule has 0 fully saturated rings. The molecule has 0 saturated heterocycles. The van der Waals surface area contributed by atoms with E-state index in [4.69, 9.17) is 13.3 Å². The lowest BCUT2D eigenvalue weighted by atomic mass is 10.5. The molecule has 0 spiro atoms. The molecule has 74 valence electrons. The van der Waals surface area contributed by atoms with Gasteiger partial charge in [-0.15, -0.1) is 0 Å². The van der Waals surface area contributed by atoms with Crippen LogP contribution in [-0.2, 0) is 13.3 Å². The van der Waals surface area contributed by atoms with Gasteiger partial charge >= 0.3 is 8.80 Å². The predicted molar refractivity (Wildman–Crippen MR) is 51.1 cm³/mol. The Morgan fingerprint density at radius 1 is 1.00 bits per heavy atom. The van der Waals surface area contributed by atoms with Gasteiger partial charge in [0, 0.05) is 26.9 Å². The average molecular weight is 192 g/mol. The number of rotatable bonds is 7. The zero-order chi connectivity index (χ0) is 9.45. The molecule has 0 unspecified atom stereocenters. The van der Waals surface area contributed by atoms with Crippen LogP contribution in [0, 0.1) is 0 Å². The first-order valence-corrected chi connectivity index (χ1v) is 6.74. The largest absolute Gasteiger partial charge is 0.497 e. The van der Waals surface area contributed by atoms with Crippen LogP contribution in [0.2, 0.25) is 6.55 Å². The van der Waals surface area contributed by atoms with Crippen LogP contribution in [0.1, 0.15) is 26.7 Å². The van der Waals surface area contributed by atoms with Crippen molar-refractivity contribution >= 4 is 8.80 Å². The summed E-state index contributed by atoms with van der Waals surface area (Å²) in [5, 5.41) is 0. The van der Waals surface area contributed by atoms with Crippen molar-refractivity contribution in [1.29, 1.82) is 0 Å². The minimum Gasteiger partial charge on any atom is -0.377 e. The molecule has 0 rings (SSSR count). The maximum atomic E-state index is 5.52. The molecule has 0 aliphatic heterocycles. The van der Waals surface area contributed by atoms with Crippen molar-refractivity contribution in [2.24, 2.45) is 0 Å².